The number of benzene rings is 1. The minimum absolute atomic E-state index is 0. The number of hydrogen-bond acceptors (Lipinski definition) is 3. The Bertz CT molecular complexity index is 598. The van der Waals surface area contributed by atoms with Gasteiger partial charge in [-0.25, -0.2) is 0 Å². The van der Waals surface area contributed by atoms with Crippen molar-refractivity contribution >= 4 is 29.9 Å². The molecule has 0 fully saturated rings. The Hall–Kier alpha value is -1.07. The molecule has 1 aromatic rings. The monoisotopic (exact) mass is 500 g/mol. The smallest absolute Gasteiger partial charge is 0.390 e. The highest BCUT2D eigenvalue weighted by Gasteiger charge is 2.26. The summed E-state index contributed by atoms with van der Waals surface area (Å²) in [6, 6.07) is 8.27. The van der Waals surface area contributed by atoms with E-state index >= 15 is 0 Å². The Morgan fingerprint density at radius 3 is 2.63 bits per heavy atom. The second-order valence-corrected chi connectivity index (χ2v) is 6.42. The molecular weight excluding hydrogens is 472 g/mol. The van der Waals surface area contributed by atoms with Gasteiger partial charge in [0.2, 0.25) is 0 Å². The number of aliphatic hydroxyl groups excluding tert-OH is 1. The number of β-amino-alcohol motifs (C(OH)–C–C–N with tert-alkyl or cyclic N) is 1. The maximum atomic E-state index is 12.2. The lowest BCUT2D eigenvalue weighted by Crippen LogP contribution is -2.41. The first-order valence-electron chi connectivity index (χ1n) is 8.93. The topological polar surface area (TPSA) is 59.9 Å². The predicted molar refractivity (Wildman–Crippen MR) is 111 cm³/mol. The molecule has 9 heteroatoms. The minimum atomic E-state index is -4.20. The van der Waals surface area contributed by atoms with Crippen LogP contribution >= 0.6 is 24.0 Å². The maximum Gasteiger partial charge on any atom is 0.390 e. The number of rotatable bonds is 7. The summed E-state index contributed by atoms with van der Waals surface area (Å²) >= 11 is 0. The van der Waals surface area contributed by atoms with Crippen molar-refractivity contribution in [1.29, 1.82) is 0 Å². The molecule has 27 heavy (non-hydrogen) atoms. The summed E-state index contributed by atoms with van der Waals surface area (Å²) in [6.07, 6.45) is -4.84. The van der Waals surface area contributed by atoms with Crippen molar-refractivity contribution in [2.75, 3.05) is 32.7 Å². The first-order valence-corrected chi connectivity index (χ1v) is 8.93. The van der Waals surface area contributed by atoms with Crippen LogP contribution in [-0.4, -0.2) is 61.0 Å². The molecule has 1 aliphatic heterocycles. The van der Waals surface area contributed by atoms with Gasteiger partial charge < -0.3 is 15.7 Å². The highest BCUT2D eigenvalue weighted by molar-refractivity contribution is 14.0. The van der Waals surface area contributed by atoms with Crippen molar-refractivity contribution in [2.45, 2.75) is 38.6 Å². The van der Waals surface area contributed by atoms with Crippen LogP contribution in [0.25, 0.3) is 0 Å². The Balaban J connectivity index is 0.00000364. The van der Waals surface area contributed by atoms with Crippen LogP contribution in [0.4, 0.5) is 13.2 Å². The van der Waals surface area contributed by atoms with Crippen molar-refractivity contribution in [2.24, 2.45) is 4.99 Å². The summed E-state index contributed by atoms with van der Waals surface area (Å²) in [5, 5.41) is 15.8. The van der Waals surface area contributed by atoms with Gasteiger partial charge >= 0.3 is 6.18 Å². The molecule has 2 rings (SSSR count). The van der Waals surface area contributed by atoms with Gasteiger partial charge in [-0.3, -0.25) is 9.89 Å². The molecule has 154 valence electrons. The van der Waals surface area contributed by atoms with E-state index in [0.29, 0.717) is 19.0 Å². The zero-order chi connectivity index (χ0) is 19.0. The fourth-order valence-electron chi connectivity index (χ4n) is 2.93. The molecule has 0 amide bonds. The SMILES string of the molecule is CCNC(=NCC(O)CN1CCc2ccccc2C1)NCCC(F)(F)F.I. The van der Waals surface area contributed by atoms with E-state index in [2.05, 4.69) is 32.7 Å². The third-order valence-electron chi connectivity index (χ3n) is 4.18. The number of alkyl halides is 3. The number of aliphatic imine (C=N–C) groups is 1. The molecule has 0 saturated heterocycles. The molecule has 1 aromatic carbocycles. The molecule has 0 saturated carbocycles. The molecule has 1 atom stereocenters. The van der Waals surface area contributed by atoms with Crippen LogP contribution in [0, 0.1) is 0 Å². The average Bonchev–Trinajstić information content (AvgIpc) is 2.58. The van der Waals surface area contributed by atoms with E-state index in [1.54, 1.807) is 0 Å². The summed E-state index contributed by atoms with van der Waals surface area (Å²) in [5.41, 5.74) is 2.62. The number of hydrogen-bond donors (Lipinski definition) is 3. The van der Waals surface area contributed by atoms with Crippen molar-refractivity contribution in [3.05, 3.63) is 35.4 Å². The average molecular weight is 500 g/mol. The third kappa shape index (κ3) is 9.11. The first-order chi connectivity index (χ1) is 12.4. The van der Waals surface area contributed by atoms with E-state index in [1.807, 2.05) is 19.1 Å². The van der Waals surface area contributed by atoms with E-state index in [4.69, 9.17) is 0 Å². The third-order valence-corrected chi connectivity index (χ3v) is 4.18. The van der Waals surface area contributed by atoms with Crippen molar-refractivity contribution in [1.82, 2.24) is 15.5 Å². The largest absolute Gasteiger partial charge is 0.390 e. The van der Waals surface area contributed by atoms with Gasteiger partial charge in [-0.05, 0) is 24.5 Å². The molecule has 1 heterocycles. The van der Waals surface area contributed by atoms with Gasteiger partial charge in [0.1, 0.15) is 0 Å². The maximum absolute atomic E-state index is 12.2. The Labute approximate surface area is 175 Å². The number of aliphatic hydroxyl groups is 1. The van der Waals surface area contributed by atoms with Gasteiger partial charge in [0.25, 0.3) is 0 Å². The molecule has 0 aliphatic carbocycles. The van der Waals surface area contributed by atoms with E-state index < -0.39 is 18.7 Å². The van der Waals surface area contributed by atoms with E-state index in [1.165, 1.54) is 11.1 Å². The summed E-state index contributed by atoms with van der Waals surface area (Å²) in [7, 11) is 0. The number of nitrogens with one attached hydrogen (secondary N) is 2. The standard InChI is InChI=1S/C18H27F3N4O.HI/c1-2-22-17(23-9-8-18(19,20)21)24-11-16(26)13-25-10-7-14-5-3-4-6-15(14)12-25;/h3-6,16,26H,2,7-13H2,1H3,(H2,22,23,24);1H. The fraction of sp³-hybridized carbons (Fsp3) is 0.611. The van der Waals surface area contributed by atoms with Gasteiger partial charge in [0.15, 0.2) is 5.96 Å². The quantitative estimate of drug-likeness (QED) is 0.306. The zero-order valence-corrected chi connectivity index (χ0v) is 17.8. The van der Waals surface area contributed by atoms with Crippen LogP contribution in [-0.2, 0) is 13.0 Å². The van der Waals surface area contributed by atoms with Gasteiger partial charge in [0.05, 0.1) is 19.1 Å². The highest BCUT2D eigenvalue weighted by atomic mass is 127. The van der Waals surface area contributed by atoms with Crippen LogP contribution in [0.2, 0.25) is 0 Å². The first kappa shape index (κ1) is 24.0. The van der Waals surface area contributed by atoms with Crippen LogP contribution in [0.3, 0.4) is 0 Å². The molecule has 1 aliphatic rings. The van der Waals surface area contributed by atoms with Crippen LogP contribution in [0.5, 0.6) is 0 Å². The number of guanidine groups is 1. The summed E-state index contributed by atoms with van der Waals surface area (Å²) in [6.45, 7) is 4.43. The number of nitrogens with zero attached hydrogens (tertiary/aromatic N) is 2. The normalized spacial score (nSPS) is 16.3. The van der Waals surface area contributed by atoms with Crippen LogP contribution in [0.1, 0.15) is 24.5 Å². The molecule has 5 nitrogen and oxygen atoms in total. The van der Waals surface area contributed by atoms with Crippen LogP contribution < -0.4 is 10.6 Å². The van der Waals surface area contributed by atoms with E-state index in [0.717, 1.165) is 19.5 Å². The Kier molecular flexibility index (Phi) is 10.4. The molecule has 0 radical (unpaired) electrons. The minimum Gasteiger partial charge on any atom is -0.390 e. The zero-order valence-electron chi connectivity index (χ0n) is 15.4. The lowest BCUT2D eigenvalue weighted by molar-refractivity contribution is -0.132. The molecule has 0 bridgehead atoms. The van der Waals surface area contributed by atoms with Crippen LogP contribution in [0.15, 0.2) is 29.3 Å². The van der Waals surface area contributed by atoms with E-state index in [-0.39, 0.29) is 37.1 Å². The highest BCUT2D eigenvalue weighted by Crippen LogP contribution is 2.19. The molecule has 1 unspecified atom stereocenters. The fourth-order valence-corrected chi connectivity index (χ4v) is 2.93. The van der Waals surface area contributed by atoms with Gasteiger partial charge in [0, 0.05) is 32.7 Å². The molecule has 0 spiro atoms. The summed E-state index contributed by atoms with van der Waals surface area (Å²) in [4.78, 5) is 6.37. The molecule has 0 aromatic heterocycles. The Morgan fingerprint density at radius 1 is 1.26 bits per heavy atom. The van der Waals surface area contributed by atoms with E-state index in [9.17, 15) is 18.3 Å². The van der Waals surface area contributed by atoms with Gasteiger partial charge in [-0.15, -0.1) is 24.0 Å². The van der Waals surface area contributed by atoms with Gasteiger partial charge in [-0.1, -0.05) is 24.3 Å². The Morgan fingerprint density at radius 2 is 1.96 bits per heavy atom. The lowest BCUT2D eigenvalue weighted by Gasteiger charge is -2.30. The summed E-state index contributed by atoms with van der Waals surface area (Å²) in [5.74, 6) is 0.291. The number of halogens is 4. The number of fused-ring (bicyclic) bond motifs is 1. The summed E-state index contributed by atoms with van der Waals surface area (Å²) < 4.78 is 36.7. The molecular formula is C18H28F3IN4O. The molecule has 3 N–H and O–H groups in total. The van der Waals surface area contributed by atoms with Crippen molar-refractivity contribution in [3.8, 4) is 0 Å². The predicted octanol–water partition coefficient (Wildman–Crippen LogP) is 2.53. The second-order valence-electron chi connectivity index (χ2n) is 6.42. The van der Waals surface area contributed by atoms with Gasteiger partial charge in [-0.2, -0.15) is 13.2 Å². The van der Waals surface area contributed by atoms with Crippen molar-refractivity contribution < 1.29 is 18.3 Å². The second kappa shape index (κ2) is 11.7. The van der Waals surface area contributed by atoms with Crippen molar-refractivity contribution in [3.63, 3.8) is 0 Å². The lowest BCUT2D eigenvalue weighted by atomic mass is 10.00.